The summed E-state index contributed by atoms with van der Waals surface area (Å²) in [6.07, 6.45) is 1.50. The first-order chi connectivity index (χ1) is 7.59. The molecule has 5 heteroatoms. The highest BCUT2D eigenvalue weighted by Gasteiger charge is 2.11. The van der Waals surface area contributed by atoms with Crippen molar-refractivity contribution in [3.8, 4) is 11.3 Å². The van der Waals surface area contributed by atoms with E-state index in [0.717, 1.165) is 22.6 Å². The third-order valence-electron chi connectivity index (χ3n) is 2.41. The molecular formula is C11H11N3O2. The molecule has 82 valence electrons. The van der Waals surface area contributed by atoms with Crippen LogP contribution in [0.25, 0.3) is 11.3 Å². The lowest BCUT2D eigenvalue weighted by atomic mass is 10.1. The van der Waals surface area contributed by atoms with Crippen LogP contribution < -0.4 is 0 Å². The lowest BCUT2D eigenvalue weighted by Gasteiger charge is -2.05. The average Bonchev–Trinajstić information content (AvgIpc) is 2.66. The number of aryl methyl sites for hydroxylation is 2. The Kier molecular flexibility index (Phi) is 2.44. The summed E-state index contributed by atoms with van der Waals surface area (Å²) in [7, 11) is 0. The number of rotatable bonds is 2. The molecule has 0 saturated carbocycles. The number of carboxylic acids is 1. The Labute approximate surface area is 92.2 Å². The monoisotopic (exact) mass is 217 g/mol. The van der Waals surface area contributed by atoms with E-state index in [1.807, 2.05) is 13.8 Å². The Morgan fingerprint density at radius 3 is 2.38 bits per heavy atom. The summed E-state index contributed by atoms with van der Waals surface area (Å²) in [5.41, 5.74) is 3.40. The fourth-order valence-electron chi connectivity index (χ4n) is 1.65. The maximum absolute atomic E-state index is 10.8. The van der Waals surface area contributed by atoms with E-state index in [2.05, 4.69) is 15.0 Å². The number of carbonyl (C=O) groups is 1. The fourth-order valence-corrected chi connectivity index (χ4v) is 1.65. The lowest BCUT2D eigenvalue weighted by molar-refractivity contribution is 0.0691. The SMILES string of the molecule is Cc1ncnc(C)c1-c1ccc(C(=O)O)[nH]1. The molecule has 0 fully saturated rings. The highest BCUT2D eigenvalue weighted by Crippen LogP contribution is 2.23. The average molecular weight is 217 g/mol. The van der Waals surface area contributed by atoms with Crippen LogP contribution in [0.1, 0.15) is 21.9 Å². The molecule has 0 spiro atoms. The van der Waals surface area contributed by atoms with Gasteiger partial charge in [0.1, 0.15) is 12.0 Å². The number of nitrogens with one attached hydrogen (secondary N) is 1. The maximum atomic E-state index is 10.8. The van der Waals surface area contributed by atoms with Gasteiger partial charge in [-0.05, 0) is 26.0 Å². The van der Waals surface area contributed by atoms with Crippen LogP contribution >= 0.6 is 0 Å². The minimum Gasteiger partial charge on any atom is -0.477 e. The van der Waals surface area contributed by atoms with Crippen molar-refractivity contribution in [3.05, 3.63) is 35.5 Å². The lowest BCUT2D eigenvalue weighted by Crippen LogP contribution is -1.98. The molecule has 0 amide bonds. The van der Waals surface area contributed by atoms with E-state index in [4.69, 9.17) is 5.11 Å². The summed E-state index contributed by atoms with van der Waals surface area (Å²) in [6.45, 7) is 3.73. The molecule has 0 bridgehead atoms. The molecule has 0 aliphatic rings. The molecule has 0 saturated heterocycles. The van der Waals surface area contributed by atoms with Gasteiger partial charge in [0.15, 0.2) is 0 Å². The third kappa shape index (κ3) is 1.67. The third-order valence-corrected chi connectivity index (χ3v) is 2.41. The normalized spacial score (nSPS) is 10.4. The van der Waals surface area contributed by atoms with E-state index in [9.17, 15) is 4.79 Å². The second-order valence-corrected chi connectivity index (χ2v) is 3.51. The van der Waals surface area contributed by atoms with Gasteiger partial charge in [0, 0.05) is 11.3 Å². The fraction of sp³-hybridized carbons (Fsp3) is 0.182. The smallest absolute Gasteiger partial charge is 0.352 e. The predicted molar refractivity (Wildman–Crippen MR) is 58.3 cm³/mol. The number of nitrogens with zero attached hydrogens (tertiary/aromatic N) is 2. The first kappa shape index (κ1) is 10.4. The molecule has 2 rings (SSSR count). The summed E-state index contributed by atoms with van der Waals surface area (Å²) < 4.78 is 0. The minimum atomic E-state index is -0.974. The first-order valence-corrected chi connectivity index (χ1v) is 4.80. The predicted octanol–water partition coefficient (Wildman–Crippen LogP) is 1.79. The van der Waals surface area contributed by atoms with Gasteiger partial charge in [0.2, 0.25) is 0 Å². The molecule has 0 aromatic carbocycles. The maximum Gasteiger partial charge on any atom is 0.352 e. The molecule has 0 aliphatic carbocycles. The molecule has 2 aromatic heterocycles. The van der Waals surface area contributed by atoms with E-state index >= 15 is 0 Å². The number of aromatic amines is 1. The van der Waals surface area contributed by atoms with Gasteiger partial charge >= 0.3 is 5.97 Å². The van der Waals surface area contributed by atoms with Crippen LogP contribution in [0.5, 0.6) is 0 Å². The zero-order valence-electron chi connectivity index (χ0n) is 8.98. The molecule has 5 nitrogen and oxygen atoms in total. The van der Waals surface area contributed by atoms with Crippen molar-refractivity contribution in [1.29, 1.82) is 0 Å². The van der Waals surface area contributed by atoms with Gasteiger partial charge in [-0.3, -0.25) is 0 Å². The highest BCUT2D eigenvalue weighted by atomic mass is 16.4. The van der Waals surface area contributed by atoms with Crippen LogP contribution in [0.2, 0.25) is 0 Å². The Hall–Kier alpha value is -2.17. The van der Waals surface area contributed by atoms with Crippen molar-refractivity contribution < 1.29 is 9.90 Å². The van der Waals surface area contributed by atoms with Gasteiger partial charge < -0.3 is 10.1 Å². The standard InChI is InChI=1S/C11H11N3O2/c1-6-10(7(2)13-5-12-6)8-3-4-9(14-8)11(15)16/h3-5,14H,1-2H3,(H,15,16). The summed E-state index contributed by atoms with van der Waals surface area (Å²) in [5, 5.41) is 8.82. The van der Waals surface area contributed by atoms with Gasteiger partial charge in [-0.15, -0.1) is 0 Å². The summed E-state index contributed by atoms with van der Waals surface area (Å²) in [5.74, 6) is -0.974. The van der Waals surface area contributed by atoms with E-state index < -0.39 is 5.97 Å². The minimum absolute atomic E-state index is 0.164. The van der Waals surface area contributed by atoms with Crippen LogP contribution in [-0.4, -0.2) is 26.0 Å². The number of aromatic carboxylic acids is 1. The molecule has 0 atom stereocenters. The van der Waals surface area contributed by atoms with Crippen LogP contribution in [-0.2, 0) is 0 Å². The van der Waals surface area contributed by atoms with E-state index in [1.54, 1.807) is 6.07 Å². The zero-order valence-corrected chi connectivity index (χ0v) is 8.98. The van der Waals surface area contributed by atoms with Crippen LogP contribution in [0, 0.1) is 13.8 Å². The van der Waals surface area contributed by atoms with Crippen molar-refractivity contribution in [2.24, 2.45) is 0 Å². The Morgan fingerprint density at radius 2 is 1.88 bits per heavy atom. The van der Waals surface area contributed by atoms with Gasteiger partial charge in [-0.2, -0.15) is 0 Å². The van der Waals surface area contributed by atoms with Crippen molar-refractivity contribution in [2.45, 2.75) is 13.8 Å². The van der Waals surface area contributed by atoms with Crippen LogP contribution in [0.15, 0.2) is 18.5 Å². The topological polar surface area (TPSA) is 78.9 Å². The van der Waals surface area contributed by atoms with E-state index in [-0.39, 0.29) is 5.69 Å². The Morgan fingerprint density at radius 1 is 1.25 bits per heavy atom. The molecule has 0 unspecified atom stereocenters. The molecule has 16 heavy (non-hydrogen) atoms. The van der Waals surface area contributed by atoms with E-state index in [0.29, 0.717) is 0 Å². The summed E-state index contributed by atoms with van der Waals surface area (Å²) >= 11 is 0. The van der Waals surface area contributed by atoms with Gasteiger partial charge in [-0.25, -0.2) is 14.8 Å². The highest BCUT2D eigenvalue weighted by molar-refractivity contribution is 5.87. The van der Waals surface area contributed by atoms with Crippen molar-refractivity contribution >= 4 is 5.97 Å². The largest absolute Gasteiger partial charge is 0.477 e. The molecule has 0 aliphatic heterocycles. The molecule has 2 aromatic rings. The number of carboxylic acid groups (broad SMARTS) is 1. The van der Waals surface area contributed by atoms with E-state index in [1.165, 1.54) is 12.4 Å². The summed E-state index contributed by atoms with van der Waals surface area (Å²) in [6, 6.07) is 3.26. The van der Waals surface area contributed by atoms with Crippen molar-refractivity contribution in [2.75, 3.05) is 0 Å². The second kappa shape index (κ2) is 3.77. The first-order valence-electron chi connectivity index (χ1n) is 4.80. The molecule has 0 radical (unpaired) electrons. The van der Waals surface area contributed by atoms with Gasteiger partial charge in [0.05, 0.1) is 11.4 Å². The number of aromatic nitrogens is 3. The van der Waals surface area contributed by atoms with Crippen LogP contribution in [0.3, 0.4) is 0 Å². The zero-order chi connectivity index (χ0) is 11.7. The molecule has 2 heterocycles. The number of hydrogen-bond acceptors (Lipinski definition) is 3. The van der Waals surface area contributed by atoms with Gasteiger partial charge in [-0.1, -0.05) is 0 Å². The van der Waals surface area contributed by atoms with Crippen molar-refractivity contribution in [1.82, 2.24) is 15.0 Å². The Bertz CT molecular complexity index is 526. The quantitative estimate of drug-likeness (QED) is 0.803. The molecule has 2 N–H and O–H groups in total. The number of hydrogen-bond donors (Lipinski definition) is 2. The Balaban J connectivity index is 2.54. The molecular weight excluding hydrogens is 206 g/mol. The van der Waals surface area contributed by atoms with Gasteiger partial charge in [0.25, 0.3) is 0 Å². The van der Waals surface area contributed by atoms with Crippen molar-refractivity contribution in [3.63, 3.8) is 0 Å². The summed E-state index contributed by atoms with van der Waals surface area (Å²) in [4.78, 5) is 21.8. The number of H-pyrrole nitrogens is 1. The van der Waals surface area contributed by atoms with Crippen LogP contribution in [0.4, 0.5) is 0 Å². The second-order valence-electron chi connectivity index (χ2n) is 3.51.